The second-order valence-corrected chi connectivity index (χ2v) is 9.12. The maximum absolute atomic E-state index is 13.3. The Morgan fingerprint density at radius 1 is 0.946 bits per heavy atom. The number of carbonyl (C=O) groups excluding carboxylic acids is 1. The summed E-state index contributed by atoms with van der Waals surface area (Å²) < 4.78 is 6.89. The molecule has 2 heterocycles. The average molecular weight is 507 g/mol. The summed E-state index contributed by atoms with van der Waals surface area (Å²) in [6.07, 6.45) is -4.39. The first-order chi connectivity index (χ1) is 17.8. The van der Waals surface area contributed by atoms with Crippen LogP contribution in [0.1, 0.15) is 26.3 Å². The first-order valence-corrected chi connectivity index (χ1v) is 11.7. The van der Waals surface area contributed by atoms with Crippen LogP contribution in [0.15, 0.2) is 66.9 Å². The van der Waals surface area contributed by atoms with Gasteiger partial charge in [-0.15, -0.1) is 0 Å². The summed E-state index contributed by atoms with van der Waals surface area (Å²) in [6, 6.07) is 16.9. The van der Waals surface area contributed by atoms with E-state index >= 15 is 0 Å². The van der Waals surface area contributed by atoms with E-state index in [1.165, 1.54) is 18.2 Å². The minimum Gasteiger partial charge on any atom is -0.478 e. The van der Waals surface area contributed by atoms with Crippen LogP contribution in [-0.4, -0.2) is 79.2 Å². The number of amides is 1. The zero-order valence-electron chi connectivity index (χ0n) is 19.6. The van der Waals surface area contributed by atoms with Crippen LogP contribution < -0.4 is 5.32 Å². The van der Waals surface area contributed by atoms with Crippen molar-refractivity contribution in [3.05, 3.63) is 83.6 Å². The molecule has 0 saturated carbocycles. The Bertz CT molecular complexity index is 1480. The van der Waals surface area contributed by atoms with Crippen LogP contribution in [0.4, 0.5) is 0 Å². The first kappa shape index (κ1) is 24.9. The third-order valence-electron chi connectivity index (χ3n) is 6.74. The molecule has 10 heteroatoms. The lowest BCUT2D eigenvalue weighted by Gasteiger charge is -2.40. The van der Waals surface area contributed by atoms with E-state index in [0.29, 0.717) is 17.4 Å². The van der Waals surface area contributed by atoms with Gasteiger partial charge in [-0.25, -0.2) is 4.79 Å². The molecule has 1 unspecified atom stereocenters. The lowest BCUT2D eigenvalue weighted by Crippen LogP contribution is -2.64. The Balaban J connectivity index is 1.50. The van der Waals surface area contributed by atoms with Gasteiger partial charge in [0.1, 0.15) is 24.4 Å². The molecule has 1 saturated heterocycles. The molecule has 5 atom stereocenters. The molecule has 10 nitrogen and oxygen atoms in total. The van der Waals surface area contributed by atoms with Gasteiger partial charge in [0.25, 0.3) is 5.91 Å². The van der Waals surface area contributed by atoms with Gasteiger partial charge in [-0.1, -0.05) is 42.5 Å². The fourth-order valence-electron chi connectivity index (χ4n) is 4.75. The molecule has 1 aliphatic heterocycles. The number of hydrogen-bond donors (Lipinski definition) is 6. The number of aromatic nitrogens is 1. The number of hydrogen-bond acceptors (Lipinski definition) is 7. The highest BCUT2D eigenvalue weighted by Crippen LogP contribution is 2.27. The molecule has 1 fully saturated rings. The topological polar surface area (TPSA) is 161 Å². The van der Waals surface area contributed by atoms with Gasteiger partial charge in [0, 0.05) is 23.6 Å². The van der Waals surface area contributed by atoms with Crippen LogP contribution in [0.3, 0.4) is 0 Å². The van der Waals surface area contributed by atoms with Gasteiger partial charge in [0.2, 0.25) is 0 Å². The van der Waals surface area contributed by atoms with Crippen molar-refractivity contribution in [2.24, 2.45) is 0 Å². The van der Waals surface area contributed by atoms with Crippen LogP contribution in [0.5, 0.6) is 0 Å². The van der Waals surface area contributed by atoms with Crippen molar-refractivity contribution in [2.75, 3.05) is 6.61 Å². The molecule has 0 bridgehead atoms. The molecule has 192 valence electrons. The second-order valence-electron chi connectivity index (χ2n) is 9.12. The molecular formula is C27H26N2O8. The van der Waals surface area contributed by atoms with E-state index in [1.807, 2.05) is 42.5 Å². The molecule has 1 aliphatic rings. The quantitative estimate of drug-likeness (QED) is 0.226. The summed E-state index contributed by atoms with van der Waals surface area (Å²) >= 11 is 0. The Kier molecular flexibility index (Phi) is 6.67. The molecule has 0 aliphatic carbocycles. The Labute approximate surface area is 211 Å². The number of aliphatic hydroxyl groups excluding tert-OH is 4. The van der Waals surface area contributed by atoms with E-state index in [4.69, 9.17) is 4.74 Å². The fraction of sp³-hybridized carbons (Fsp3) is 0.259. The van der Waals surface area contributed by atoms with E-state index in [9.17, 15) is 35.1 Å². The van der Waals surface area contributed by atoms with Crippen LogP contribution in [0.25, 0.3) is 21.7 Å². The predicted molar refractivity (Wildman–Crippen MR) is 133 cm³/mol. The molecule has 1 aromatic heterocycles. The standard InChI is InChI=1S/C27H26N2O8/c30-13-21-23(31)24(32)22(27(36)37-21)28-25(33)19-12-29(20-10-17(26(34)35)7-8-18(19)20)11-14-5-6-15-3-1-2-4-16(15)9-14/h1-10,12,21-24,27,30-32,36H,11,13H2,(H,28,33)(H,34,35)/t21-,22-,23-,24-,27?/m1/s1. The Morgan fingerprint density at radius 2 is 1.70 bits per heavy atom. The lowest BCUT2D eigenvalue weighted by atomic mass is 9.96. The number of aliphatic hydroxyl groups is 4. The van der Waals surface area contributed by atoms with Gasteiger partial charge >= 0.3 is 5.97 Å². The largest absolute Gasteiger partial charge is 0.478 e. The maximum Gasteiger partial charge on any atom is 0.335 e. The van der Waals surface area contributed by atoms with Crippen LogP contribution >= 0.6 is 0 Å². The minimum atomic E-state index is -1.66. The van der Waals surface area contributed by atoms with Crippen LogP contribution in [0.2, 0.25) is 0 Å². The second kappa shape index (κ2) is 9.92. The van der Waals surface area contributed by atoms with Gasteiger partial charge in [0.15, 0.2) is 6.29 Å². The van der Waals surface area contributed by atoms with Crippen molar-refractivity contribution < 1.29 is 39.9 Å². The van der Waals surface area contributed by atoms with Crippen molar-refractivity contribution >= 4 is 33.6 Å². The van der Waals surface area contributed by atoms with Gasteiger partial charge in [-0.3, -0.25) is 4.79 Å². The number of ether oxygens (including phenoxy) is 1. The van der Waals surface area contributed by atoms with Crippen molar-refractivity contribution in [3.8, 4) is 0 Å². The number of benzene rings is 3. The monoisotopic (exact) mass is 506 g/mol. The summed E-state index contributed by atoms with van der Waals surface area (Å²) in [4.78, 5) is 24.9. The number of nitrogens with zero attached hydrogens (tertiary/aromatic N) is 1. The highest BCUT2D eigenvalue weighted by molar-refractivity contribution is 6.08. The van der Waals surface area contributed by atoms with E-state index in [-0.39, 0.29) is 11.1 Å². The van der Waals surface area contributed by atoms with Gasteiger partial charge < -0.3 is 40.2 Å². The van der Waals surface area contributed by atoms with E-state index in [0.717, 1.165) is 16.3 Å². The van der Waals surface area contributed by atoms with Gasteiger partial charge in [-0.05, 0) is 34.5 Å². The van der Waals surface area contributed by atoms with Gasteiger partial charge in [-0.2, -0.15) is 0 Å². The number of rotatable bonds is 6. The maximum atomic E-state index is 13.3. The molecule has 4 aromatic rings. The van der Waals surface area contributed by atoms with Crippen molar-refractivity contribution in [1.82, 2.24) is 9.88 Å². The average Bonchev–Trinajstić information content (AvgIpc) is 3.26. The fourth-order valence-corrected chi connectivity index (χ4v) is 4.75. The minimum absolute atomic E-state index is 0.0574. The summed E-state index contributed by atoms with van der Waals surface area (Å²) in [5.74, 6) is -1.77. The Morgan fingerprint density at radius 3 is 2.43 bits per heavy atom. The number of aromatic carboxylic acids is 1. The van der Waals surface area contributed by atoms with Crippen molar-refractivity contribution in [2.45, 2.75) is 37.2 Å². The van der Waals surface area contributed by atoms with Gasteiger partial charge in [0.05, 0.1) is 17.7 Å². The normalized spacial score (nSPS) is 23.8. The highest BCUT2D eigenvalue weighted by Gasteiger charge is 2.44. The summed E-state index contributed by atoms with van der Waals surface area (Å²) in [5, 5.41) is 54.7. The van der Waals surface area contributed by atoms with E-state index < -0.39 is 49.1 Å². The molecule has 3 aromatic carbocycles. The molecule has 6 N–H and O–H groups in total. The van der Waals surface area contributed by atoms with Crippen molar-refractivity contribution in [3.63, 3.8) is 0 Å². The molecular weight excluding hydrogens is 480 g/mol. The first-order valence-electron chi connectivity index (χ1n) is 11.7. The van der Waals surface area contributed by atoms with Crippen molar-refractivity contribution in [1.29, 1.82) is 0 Å². The number of carboxylic acids is 1. The van der Waals surface area contributed by atoms with E-state index in [1.54, 1.807) is 10.8 Å². The third-order valence-corrected chi connectivity index (χ3v) is 6.74. The summed E-state index contributed by atoms with van der Waals surface area (Å²) in [6.45, 7) is -0.267. The third kappa shape index (κ3) is 4.68. The number of nitrogens with one attached hydrogen (secondary N) is 1. The number of carboxylic acid groups (broad SMARTS) is 1. The number of fused-ring (bicyclic) bond motifs is 2. The van der Waals surface area contributed by atoms with E-state index in [2.05, 4.69) is 5.32 Å². The lowest BCUT2D eigenvalue weighted by molar-refractivity contribution is -0.252. The number of carbonyl (C=O) groups is 2. The molecule has 1 amide bonds. The molecule has 5 rings (SSSR count). The Hall–Kier alpha value is -3.80. The molecule has 0 radical (unpaired) electrons. The summed E-state index contributed by atoms with van der Waals surface area (Å²) in [7, 11) is 0. The smallest absolute Gasteiger partial charge is 0.335 e. The summed E-state index contributed by atoms with van der Waals surface area (Å²) in [5.41, 5.74) is 1.69. The zero-order chi connectivity index (χ0) is 26.3. The molecule has 37 heavy (non-hydrogen) atoms. The molecule has 0 spiro atoms. The SMILES string of the molecule is O=C(O)c1ccc2c(C(=O)N[C@H]3C(O)O[C@H](CO)[C@@H](O)[C@@H]3O)cn(Cc3ccc4ccccc4c3)c2c1. The predicted octanol–water partition coefficient (Wildman–Crippen LogP) is 1.07. The zero-order valence-corrected chi connectivity index (χ0v) is 19.6. The highest BCUT2D eigenvalue weighted by atomic mass is 16.6. The van der Waals surface area contributed by atoms with Crippen LogP contribution in [-0.2, 0) is 11.3 Å². The van der Waals surface area contributed by atoms with Crippen LogP contribution in [0, 0.1) is 0 Å².